The van der Waals surface area contributed by atoms with Crippen molar-refractivity contribution >= 4 is 11.9 Å². The summed E-state index contributed by atoms with van der Waals surface area (Å²) in [5.74, 6) is 0.556. The van der Waals surface area contributed by atoms with E-state index in [4.69, 9.17) is 0 Å². The first kappa shape index (κ1) is 11.9. The van der Waals surface area contributed by atoms with Crippen molar-refractivity contribution in [1.29, 1.82) is 0 Å². The molecule has 1 fully saturated rings. The Morgan fingerprint density at radius 1 is 1.15 bits per heavy atom. The highest BCUT2D eigenvalue weighted by molar-refractivity contribution is 5.84. The van der Waals surface area contributed by atoms with Crippen molar-refractivity contribution in [3.63, 3.8) is 0 Å². The summed E-state index contributed by atoms with van der Waals surface area (Å²) in [6.07, 6.45) is 9.46. The maximum absolute atomic E-state index is 13.0. The second-order valence-corrected chi connectivity index (χ2v) is 5.84. The number of hydrogen-bond acceptors (Lipinski definition) is 2. The summed E-state index contributed by atoms with van der Waals surface area (Å²) in [5.41, 5.74) is 5.34. The van der Waals surface area contributed by atoms with Gasteiger partial charge in [-0.2, -0.15) is 5.10 Å². The Balaban J connectivity index is 1.60. The van der Waals surface area contributed by atoms with E-state index >= 15 is 0 Å². The summed E-state index contributed by atoms with van der Waals surface area (Å²) < 4.78 is 13.0. The molecular weight excluding hydrogens is 251 g/mol. The Kier molecular flexibility index (Phi) is 2.72. The number of benzene rings is 1. The fourth-order valence-electron chi connectivity index (χ4n) is 3.47. The van der Waals surface area contributed by atoms with E-state index in [1.165, 1.54) is 42.5 Å². The topological polar surface area (TPSA) is 15.6 Å². The van der Waals surface area contributed by atoms with Crippen LogP contribution in [0.3, 0.4) is 0 Å². The van der Waals surface area contributed by atoms with Crippen LogP contribution in [0.5, 0.6) is 0 Å². The number of hydrazone groups is 1. The zero-order valence-corrected chi connectivity index (χ0v) is 11.3. The molecule has 1 aromatic rings. The highest BCUT2D eigenvalue weighted by Gasteiger charge is 2.28. The lowest BCUT2D eigenvalue weighted by Crippen LogP contribution is -2.26. The number of nitrogens with zero attached hydrogens (tertiary/aromatic N) is 2. The molecular formula is C17H17FN2. The normalized spacial score (nSPS) is 24.6. The average Bonchev–Trinajstić information content (AvgIpc) is 2.92. The van der Waals surface area contributed by atoms with Crippen LogP contribution in [0.25, 0.3) is 0 Å². The molecule has 1 heterocycles. The van der Waals surface area contributed by atoms with E-state index in [0.29, 0.717) is 0 Å². The zero-order valence-electron chi connectivity index (χ0n) is 11.3. The summed E-state index contributed by atoms with van der Waals surface area (Å²) in [6.45, 7) is 0.799. The first-order valence-corrected chi connectivity index (χ1v) is 7.29. The van der Waals surface area contributed by atoms with Gasteiger partial charge in [0, 0.05) is 0 Å². The van der Waals surface area contributed by atoms with Gasteiger partial charge in [-0.1, -0.05) is 11.6 Å². The van der Waals surface area contributed by atoms with Gasteiger partial charge in [0.1, 0.15) is 5.82 Å². The van der Waals surface area contributed by atoms with Gasteiger partial charge in [-0.25, -0.2) is 4.39 Å². The second-order valence-electron chi connectivity index (χ2n) is 5.84. The lowest BCUT2D eigenvalue weighted by molar-refractivity contribution is 0.616. The van der Waals surface area contributed by atoms with Crippen molar-refractivity contribution in [1.82, 2.24) is 0 Å². The molecule has 0 saturated heterocycles. The van der Waals surface area contributed by atoms with Gasteiger partial charge < -0.3 is 0 Å². The second kappa shape index (κ2) is 4.58. The predicted octanol–water partition coefficient (Wildman–Crippen LogP) is 4.06. The van der Waals surface area contributed by atoms with Crippen molar-refractivity contribution in [2.75, 3.05) is 11.6 Å². The van der Waals surface area contributed by atoms with Crippen molar-refractivity contribution in [2.24, 2.45) is 11.0 Å². The lowest BCUT2D eigenvalue weighted by atomic mass is 9.85. The molecule has 0 radical (unpaired) electrons. The van der Waals surface area contributed by atoms with Crippen LogP contribution in [0.15, 0.2) is 52.2 Å². The number of halogens is 1. The Morgan fingerprint density at radius 2 is 2.00 bits per heavy atom. The van der Waals surface area contributed by atoms with E-state index in [0.717, 1.165) is 24.6 Å². The monoisotopic (exact) mass is 268 g/mol. The van der Waals surface area contributed by atoms with E-state index < -0.39 is 0 Å². The molecule has 3 heteroatoms. The zero-order chi connectivity index (χ0) is 13.5. The smallest absolute Gasteiger partial charge is 0.123 e. The van der Waals surface area contributed by atoms with Crippen LogP contribution in [0.1, 0.15) is 25.7 Å². The van der Waals surface area contributed by atoms with Crippen LogP contribution in [0.4, 0.5) is 10.1 Å². The largest absolute Gasteiger partial charge is 0.261 e. The van der Waals surface area contributed by atoms with Crippen LogP contribution < -0.4 is 5.01 Å². The quantitative estimate of drug-likeness (QED) is 0.750. The van der Waals surface area contributed by atoms with Gasteiger partial charge in [-0.05, 0) is 67.0 Å². The van der Waals surface area contributed by atoms with Crippen LogP contribution >= 0.6 is 0 Å². The molecule has 1 aromatic carbocycles. The number of hydrogen-bond donors (Lipinski definition) is 0. The molecule has 2 nitrogen and oxygen atoms in total. The minimum Gasteiger partial charge on any atom is -0.261 e. The van der Waals surface area contributed by atoms with Crippen molar-refractivity contribution in [3.05, 3.63) is 52.9 Å². The molecule has 0 aromatic heterocycles. The highest BCUT2D eigenvalue weighted by Crippen LogP contribution is 2.41. The van der Waals surface area contributed by atoms with Crippen molar-refractivity contribution < 1.29 is 4.39 Å². The number of anilines is 1. The molecule has 0 bridgehead atoms. The van der Waals surface area contributed by atoms with E-state index in [9.17, 15) is 4.39 Å². The number of allylic oxidation sites excluding steroid dienone is 2. The maximum Gasteiger partial charge on any atom is 0.123 e. The van der Waals surface area contributed by atoms with E-state index in [2.05, 4.69) is 11.2 Å². The molecule has 1 atom stereocenters. The molecule has 1 aliphatic heterocycles. The fraction of sp³-hybridized carbons (Fsp3) is 0.353. The van der Waals surface area contributed by atoms with Crippen LogP contribution in [-0.4, -0.2) is 12.8 Å². The molecule has 1 unspecified atom stereocenters. The van der Waals surface area contributed by atoms with Gasteiger partial charge >= 0.3 is 0 Å². The molecule has 102 valence electrons. The molecule has 0 N–H and O–H groups in total. The lowest BCUT2D eigenvalue weighted by Gasteiger charge is -2.29. The standard InChI is InChI=1S/C17H17FN2/c18-16-4-6-17(7-5-16)20-11-15-9-13-3-1-2-12(13)8-14(15)10-19-20/h4-7,9-10,12H,1-3,8,11H2. The molecule has 0 spiro atoms. The average molecular weight is 268 g/mol. The van der Waals surface area contributed by atoms with Crippen LogP contribution in [0.2, 0.25) is 0 Å². The molecule has 2 aliphatic carbocycles. The molecule has 4 rings (SSSR count). The van der Waals surface area contributed by atoms with E-state index in [1.807, 2.05) is 11.2 Å². The third-order valence-corrected chi connectivity index (χ3v) is 4.58. The molecule has 0 amide bonds. The first-order valence-electron chi connectivity index (χ1n) is 7.29. The Bertz CT molecular complexity index is 625. The third-order valence-electron chi connectivity index (χ3n) is 4.58. The fourth-order valence-corrected chi connectivity index (χ4v) is 3.47. The Morgan fingerprint density at radius 3 is 2.85 bits per heavy atom. The summed E-state index contributed by atoms with van der Waals surface area (Å²) in [6, 6.07) is 6.54. The van der Waals surface area contributed by atoms with Gasteiger partial charge in [0.15, 0.2) is 0 Å². The predicted molar refractivity (Wildman–Crippen MR) is 79.3 cm³/mol. The van der Waals surface area contributed by atoms with Gasteiger partial charge in [0.2, 0.25) is 0 Å². The summed E-state index contributed by atoms with van der Waals surface area (Å²) >= 11 is 0. The first-order chi connectivity index (χ1) is 9.79. The maximum atomic E-state index is 13.0. The van der Waals surface area contributed by atoms with Crippen LogP contribution in [-0.2, 0) is 0 Å². The highest BCUT2D eigenvalue weighted by atomic mass is 19.1. The SMILES string of the molecule is Fc1ccc(N2CC3=C(C=N2)CC2CCCC2=C3)cc1. The minimum atomic E-state index is -0.205. The molecule has 3 aliphatic rings. The summed E-state index contributed by atoms with van der Waals surface area (Å²) in [7, 11) is 0. The van der Waals surface area contributed by atoms with E-state index in [1.54, 1.807) is 17.7 Å². The van der Waals surface area contributed by atoms with Crippen molar-refractivity contribution in [3.8, 4) is 0 Å². The van der Waals surface area contributed by atoms with Crippen LogP contribution in [0, 0.1) is 11.7 Å². The van der Waals surface area contributed by atoms with Gasteiger partial charge in [0.05, 0.1) is 18.4 Å². The van der Waals surface area contributed by atoms with Crippen molar-refractivity contribution in [2.45, 2.75) is 25.7 Å². The van der Waals surface area contributed by atoms with Gasteiger partial charge in [0.25, 0.3) is 0 Å². The third kappa shape index (κ3) is 1.98. The minimum absolute atomic E-state index is 0.205. The number of fused-ring (bicyclic) bond motifs is 1. The Labute approximate surface area is 118 Å². The molecule has 20 heavy (non-hydrogen) atoms. The number of rotatable bonds is 1. The van der Waals surface area contributed by atoms with Gasteiger partial charge in [-0.3, -0.25) is 5.01 Å². The van der Waals surface area contributed by atoms with E-state index in [-0.39, 0.29) is 5.82 Å². The summed E-state index contributed by atoms with van der Waals surface area (Å²) in [4.78, 5) is 0. The van der Waals surface area contributed by atoms with Gasteiger partial charge in [-0.15, -0.1) is 0 Å². The summed E-state index contributed by atoms with van der Waals surface area (Å²) in [5, 5.41) is 6.48. The molecule has 1 saturated carbocycles. The Hall–Kier alpha value is -1.90.